The third-order valence-corrected chi connectivity index (χ3v) is 5.90. The van der Waals surface area contributed by atoms with Crippen LogP contribution in [0, 0.1) is 6.92 Å². The molecule has 0 fully saturated rings. The van der Waals surface area contributed by atoms with Gasteiger partial charge >= 0.3 is 0 Å². The summed E-state index contributed by atoms with van der Waals surface area (Å²) in [6.07, 6.45) is 1.62. The van der Waals surface area contributed by atoms with Crippen LogP contribution in [0.3, 0.4) is 0 Å². The molecule has 31 heavy (non-hydrogen) atoms. The highest BCUT2D eigenvalue weighted by Crippen LogP contribution is 2.35. The molecule has 4 rings (SSSR count). The molecule has 0 aliphatic carbocycles. The van der Waals surface area contributed by atoms with Gasteiger partial charge in [0, 0.05) is 12.2 Å². The summed E-state index contributed by atoms with van der Waals surface area (Å²) in [7, 11) is 0. The monoisotopic (exact) mass is 436 g/mol. The minimum Gasteiger partial charge on any atom is -0.493 e. The van der Waals surface area contributed by atoms with Crippen LogP contribution in [0.15, 0.2) is 60.0 Å². The maximum absolute atomic E-state index is 12.5. The van der Waals surface area contributed by atoms with E-state index in [4.69, 9.17) is 9.47 Å². The predicted molar refractivity (Wildman–Crippen MR) is 122 cm³/mol. The van der Waals surface area contributed by atoms with E-state index in [9.17, 15) is 9.59 Å². The molecule has 6 nitrogen and oxygen atoms in total. The van der Waals surface area contributed by atoms with E-state index < -0.39 is 0 Å². The molecule has 0 spiro atoms. The number of hydrogen-bond donors (Lipinski definition) is 1. The zero-order valence-corrected chi connectivity index (χ0v) is 18.1. The molecular weight excluding hydrogens is 412 g/mol. The molecule has 1 N–H and O–H groups in total. The Morgan fingerprint density at radius 1 is 1.16 bits per heavy atom. The number of para-hydroxylation sites is 1. The van der Waals surface area contributed by atoms with E-state index in [1.807, 2.05) is 42.6 Å². The second-order valence-electron chi connectivity index (χ2n) is 7.27. The van der Waals surface area contributed by atoms with Crippen molar-refractivity contribution in [1.82, 2.24) is 0 Å². The molecule has 0 bridgehead atoms. The third-order valence-electron chi connectivity index (χ3n) is 5.03. The van der Waals surface area contributed by atoms with E-state index >= 15 is 0 Å². The first kappa shape index (κ1) is 20.9. The van der Waals surface area contributed by atoms with Gasteiger partial charge in [0.1, 0.15) is 11.5 Å². The Kier molecular flexibility index (Phi) is 6.52. The summed E-state index contributed by atoms with van der Waals surface area (Å²) < 4.78 is 11.4. The van der Waals surface area contributed by atoms with E-state index in [2.05, 4.69) is 5.32 Å². The molecule has 160 valence electrons. The number of fused-ring (bicyclic) bond motifs is 1. The van der Waals surface area contributed by atoms with Gasteiger partial charge in [-0.1, -0.05) is 24.3 Å². The lowest BCUT2D eigenvalue weighted by Gasteiger charge is -2.30. The molecule has 1 aliphatic heterocycles. The number of benzene rings is 2. The van der Waals surface area contributed by atoms with Crippen LogP contribution < -0.4 is 19.7 Å². The van der Waals surface area contributed by atoms with Crippen LogP contribution in [0.4, 0.5) is 11.4 Å². The molecule has 0 atom stereocenters. The zero-order chi connectivity index (χ0) is 21.6. The van der Waals surface area contributed by atoms with Crippen molar-refractivity contribution in [2.24, 2.45) is 0 Å². The largest absolute Gasteiger partial charge is 0.493 e. The van der Waals surface area contributed by atoms with Gasteiger partial charge in [-0.3, -0.25) is 9.59 Å². The highest BCUT2D eigenvalue weighted by Gasteiger charge is 2.25. The Labute approximate surface area is 185 Å². The SMILES string of the molecule is Cc1ccccc1OCCCCN1C(=O)COc2ccc(NC(=O)c3cccs3)cc21. The van der Waals surface area contributed by atoms with Crippen LogP contribution in [-0.4, -0.2) is 31.6 Å². The topological polar surface area (TPSA) is 67.9 Å². The lowest BCUT2D eigenvalue weighted by Crippen LogP contribution is -2.39. The van der Waals surface area contributed by atoms with E-state index in [1.54, 1.807) is 29.2 Å². The van der Waals surface area contributed by atoms with E-state index in [0.717, 1.165) is 24.2 Å². The van der Waals surface area contributed by atoms with Crippen molar-refractivity contribution >= 4 is 34.5 Å². The van der Waals surface area contributed by atoms with Crippen LogP contribution >= 0.6 is 11.3 Å². The molecular formula is C24H24N2O4S. The summed E-state index contributed by atoms with van der Waals surface area (Å²) in [5.74, 6) is 1.28. The Morgan fingerprint density at radius 3 is 2.84 bits per heavy atom. The van der Waals surface area contributed by atoms with Crippen molar-refractivity contribution in [3.05, 3.63) is 70.4 Å². The molecule has 0 saturated carbocycles. The predicted octanol–water partition coefficient (Wildman–Crippen LogP) is 4.89. The molecule has 2 aromatic carbocycles. The second kappa shape index (κ2) is 9.66. The number of hydrogen-bond acceptors (Lipinski definition) is 5. The van der Waals surface area contributed by atoms with E-state index in [1.165, 1.54) is 11.3 Å². The number of thiophene rings is 1. The number of ether oxygens (including phenoxy) is 2. The number of carbonyl (C=O) groups excluding carboxylic acids is 2. The molecule has 0 unspecified atom stereocenters. The van der Waals surface area contributed by atoms with Gasteiger partial charge in [-0.25, -0.2) is 0 Å². The first-order valence-corrected chi connectivity index (χ1v) is 11.1. The van der Waals surface area contributed by atoms with Crippen molar-refractivity contribution in [2.45, 2.75) is 19.8 Å². The van der Waals surface area contributed by atoms with Gasteiger partial charge in [0.2, 0.25) is 0 Å². The number of anilines is 2. The number of nitrogens with one attached hydrogen (secondary N) is 1. The van der Waals surface area contributed by atoms with Gasteiger partial charge < -0.3 is 19.7 Å². The summed E-state index contributed by atoms with van der Waals surface area (Å²) >= 11 is 1.38. The van der Waals surface area contributed by atoms with Crippen molar-refractivity contribution in [2.75, 3.05) is 30.0 Å². The van der Waals surface area contributed by atoms with Gasteiger partial charge in [0.15, 0.2) is 6.61 Å². The highest BCUT2D eigenvalue weighted by atomic mass is 32.1. The number of unbranched alkanes of at least 4 members (excludes halogenated alkanes) is 1. The maximum Gasteiger partial charge on any atom is 0.265 e. The van der Waals surface area contributed by atoms with E-state index in [0.29, 0.717) is 35.2 Å². The molecule has 2 heterocycles. The lowest BCUT2D eigenvalue weighted by molar-refractivity contribution is -0.121. The van der Waals surface area contributed by atoms with Crippen molar-refractivity contribution in [3.63, 3.8) is 0 Å². The molecule has 2 amide bonds. The van der Waals surface area contributed by atoms with Crippen LogP contribution in [0.1, 0.15) is 28.1 Å². The first-order chi connectivity index (χ1) is 15.1. The third kappa shape index (κ3) is 5.06. The van der Waals surface area contributed by atoms with Crippen molar-refractivity contribution < 1.29 is 19.1 Å². The summed E-state index contributed by atoms with van der Waals surface area (Å²) in [6.45, 7) is 3.20. The Bertz CT molecular complexity index is 1070. The molecule has 1 aliphatic rings. The summed E-state index contributed by atoms with van der Waals surface area (Å²) in [5.41, 5.74) is 2.42. The average Bonchev–Trinajstić information content (AvgIpc) is 3.31. The first-order valence-electron chi connectivity index (χ1n) is 10.2. The lowest BCUT2D eigenvalue weighted by atomic mass is 10.2. The van der Waals surface area contributed by atoms with Gasteiger partial charge in [-0.05, 0) is 61.0 Å². The fourth-order valence-corrected chi connectivity index (χ4v) is 4.02. The number of nitrogens with zero attached hydrogens (tertiary/aromatic N) is 1. The standard InChI is InChI=1S/C24H24N2O4S/c1-17-7-2-3-8-20(17)29-13-5-4-12-26-19-15-18(10-11-21(19)30-16-23(26)27)25-24(28)22-9-6-14-31-22/h2-3,6-11,14-15H,4-5,12-13,16H2,1H3,(H,25,28). The van der Waals surface area contributed by atoms with Gasteiger partial charge in [-0.15, -0.1) is 11.3 Å². The second-order valence-corrected chi connectivity index (χ2v) is 8.22. The van der Waals surface area contributed by atoms with Gasteiger partial charge in [-0.2, -0.15) is 0 Å². The minimum absolute atomic E-state index is 0.0214. The van der Waals surface area contributed by atoms with Crippen LogP contribution in [-0.2, 0) is 4.79 Å². The normalized spacial score (nSPS) is 12.8. The van der Waals surface area contributed by atoms with Crippen molar-refractivity contribution in [1.29, 1.82) is 0 Å². The van der Waals surface area contributed by atoms with Crippen LogP contribution in [0.5, 0.6) is 11.5 Å². The van der Waals surface area contributed by atoms with Gasteiger partial charge in [0.05, 0.1) is 17.2 Å². The molecule has 7 heteroatoms. The van der Waals surface area contributed by atoms with Crippen LogP contribution in [0.25, 0.3) is 0 Å². The van der Waals surface area contributed by atoms with E-state index in [-0.39, 0.29) is 18.4 Å². The number of carbonyl (C=O) groups is 2. The number of amides is 2. The fourth-order valence-electron chi connectivity index (χ4n) is 3.40. The average molecular weight is 437 g/mol. The Morgan fingerprint density at radius 2 is 2.03 bits per heavy atom. The summed E-state index contributed by atoms with van der Waals surface area (Å²) in [6, 6.07) is 16.9. The maximum atomic E-state index is 12.5. The van der Waals surface area contributed by atoms with Gasteiger partial charge in [0.25, 0.3) is 11.8 Å². The summed E-state index contributed by atoms with van der Waals surface area (Å²) in [5, 5.41) is 4.75. The quantitative estimate of drug-likeness (QED) is 0.511. The molecule has 3 aromatic rings. The summed E-state index contributed by atoms with van der Waals surface area (Å²) in [4.78, 5) is 27.2. The Balaban J connectivity index is 1.37. The number of aryl methyl sites for hydroxylation is 1. The molecule has 0 saturated heterocycles. The zero-order valence-electron chi connectivity index (χ0n) is 17.3. The smallest absolute Gasteiger partial charge is 0.265 e. The number of rotatable bonds is 8. The highest BCUT2D eigenvalue weighted by molar-refractivity contribution is 7.12. The fraction of sp³-hybridized carbons (Fsp3) is 0.250. The minimum atomic E-state index is -0.169. The molecule has 0 radical (unpaired) electrons. The molecule has 1 aromatic heterocycles. The Hall–Kier alpha value is -3.32. The van der Waals surface area contributed by atoms with Crippen LogP contribution in [0.2, 0.25) is 0 Å². The van der Waals surface area contributed by atoms with Crippen molar-refractivity contribution in [3.8, 4) is 11.5 Å².